The summed E-state index contributed by atoms with van der Waals surface area (Å²) in [5.74, 6) is 0.729. The van der Waals surface area contributed by atoms with Crippen LogP contribution in [0.25, 0.3) is 5.76 Å². The molecule has 0 N–H and O–H groups in total. The summed E-state index contributed by atoms with van der Waals surface area (Å²) in [7, 11) is -2.35. The first-order valence-corrected chi connectivity index (χ1v) is 10.2. The van der Waals surface area contributed by atoms with Gasteiger partial charge in [0, 0.05) is 5.56 Å². The lowest BCUT2D eigenvalue weighted by atomic mass is 10.2. The second kappa shape index (κ2) is 6.67. The Bertz CT molecular complexity index is 727. The van der Waals surface area contributed by atoms with E-state index in [0.717, 1.165) is 11.3 Å². The van der Waals surface area contributed by atoms with E-state index in [0.29, 0.717) is 0 Å². The van der Waals surface area contributed by atoms with Crippen LogP contribution < -0.4 is 10.4 Å². The molecule has 0 aromatic heterocycles. The third kappa shape index (κ3) is 3.27. The van der Waals surface area contributed by atoms with Gasteiger partial charge in [-0.25, -0.2) is 0 Å². The number of rotatable bonds is 5. The summed E-state index contributed by atoms with van der Waals surface area (Å²) in [5, 5.41) is 2.48. The molecular weight excluding hydrogens is 296 g/mol. The Morgan fingerprint density at radius 1 is 0.696 bits per heavy atom. The van der Waals surface area contributed by atoms with Crippen LogP contribution in [0.2, 0.25) is 6.55 Å². The van der Waals surface area contributed by atoms with Gasteiger partial charge in [0.1, 0.15) is 5.76 Å². The summed E-state index contributed by atoms with van der Waals surface area (Å²) in [5.41, 5.74) is 1.03. The molecule has 0 aliphatic rings. The fraction of sp³-hybridized carbons (Fsp3) is 0.0476. The van der Waals surface area contributed by atoms with E-state index in [4.69, 9.17) is 4.43 Å². The molecule has 3 rings (SSSR count). The maximum absolute atomic E-state index is 6.54. The Morgan fingerprint density at radius 2 is 1.09 bits per heavy atom. The van der Waals surface area contributed by atoms with Crippen molar-refractivity contribution in [2.75, 3.05) is 0 Å². The van der Waals surface area contributed by atoms with Gasteiger partial charge in [-0.3, -0.25) is 0 Å². The summed E-state index contributed by atoms with van der Waals surface area (Å²) in [6, 6.07) is 31.0. The Balaban J connectivity index is 2.01. The largest absolute Gasteiger partial charge is 0.535 e. The predicted octanol–water partition coefficient (Wildman–Crippen LogP) is 4.06. The Kier molecular flexibility index (Phi) is 4.44. The van der Waals surface area contributed by atoms with E-state index in [2.05, 4.69) is 61.7 Å². The Labute approximate surface area is 139 Å². The van der Waals surface area contributed by atoms with E-state index >= 15 is 0 Å². The highest BCUT2D eigenvalue weighted by Crippen LogP contribution is 2.19. The van der Waals surface area contributed by atoms with Crippen LogP contribution in [-0.2, 0) is 4.43 Å². The van der Waals surface area contributed by atoms with E-state index in [-0.39, 0.29) is 0 Å². The minimum Gasteiger partial charge on any atom is -0.535 e. The Morgan fingerprint density at radius 3 is 1.52 bits per heavy atom. The van der Waals surface area contributed by atoms with Crippen molar-refractivity contribution < 1.29 is 4.43 Å². The molecule has 0 unspecified atom stereocenters. The van der Waals surface area contributed by atoms with Crippen molar-refractivity contribution in [1.82, 2.24) is 0 Å². The molecule has 0 spiro atoms. The zero-order valence-electron chi connectivity index (χ0n) is 13.3. The molecule has 0 atom stereocenters. The van der Waals surface area contributed by atoms with Crippen molar-refractivity contribution >= 4 is 24.5 Å². The maximum atomic E-state index is 6.54. The molecule has 0 fully saturated rings. The van der Waals surface area contributed by atoms with Crippen molar-refractivity contribution in [3.8, 4) is 0 Å². The SMILES string of the molecule is C=C(O[Si](C)(c1ccccc1)c1ccccc1)c1ccccc1. The van der Waals surface area contributed by atoms with Crippen LogP contribution in [0.4, 0.5) is 0 Å². The van der Waals surface area contributed by atoms with Crippen molar-refractivity contribution in [1.29, 1.82) is 0 Å². The average Bonchev–Trinajstić information content (AvgIpc) is 2.64. The molecular formula is C21H20OSi. The summed E-state index contributed by atoms with van der Waals surface area (Å²) in [6.07, 6.45) is 0. The van der Waals surface area contributed by atoms with Crippen molar-refractivity contribution in [2.45, 2.75) is 6.55 Å². The van der Waals surface area contributed by atoms with Crippen LogP contribution >= 0.6 is 0 Å². The Hall–Kier alpha value is -2.58. The molecule has 0 saturated carbocycles. The quantitative estimate of drug-likeness (QED) is 0.509. The van der Waals surface area contributed by atoms with E-state index in [1.807, 2.05) is 42.5 Å². The third-order valence-corrected chi connectivity index (χ3v) is 7.60. The van der Waals surface area contributed by atoms with Gasteiger partial charge in [-0.05, 0) is 16.9 Å². The molecule has 0 heterocycles. The average molecular weight is 316 g/mol. The first-order chi connectivity index (χ1) is 11.2. The predicted molar refractivity (Wildman–Crippen MR) is 100 cm³/mol. The lowest BCUT2D eigenvalue weighted by Crippen LogP contribution is -2.57. The number of hydrogen-bond acceptors (Lipinski definition) is 1. The van der Waals surface area contributed by atoms with Gasteiger partial charge in [0.2, 0.25) is 0 Å². The van der Waals surface area contributed by atoms with Gasteiger partial charge in [-0.1, -0.05) is 97.6 Å². The van der Waals surface area contributed by atoms with E-state index in [9.17, 15) is 0 Å². The molecule has 1 nitrogen and oxygen atoms in total. The van der Waals surface area contributed by atoms with E-state index in [1.54, 1.807) is 0 Å². The zero-order valence-corrected chi connectivity index (χ0v) is 14.3. The van der Waals surface area contributed by atoms with E-state index < -0.39 is 8.32 Å². The molecule has 23 heavy (non-hydrogen) atoms. The molecule has 114 valence electrons. The van der Waals surface area contributed by atoms with Crippen molar-refractivity contribution in [3.63, 3.8) is 0 Å². The topological polar surface area (TPSA) is 9.23 Å². The fourth-order valence-corrected chi connectivity index (χ4v) is 5.56. The van der Waals surface area contributed by atoms with Crippen LogP contribution in [0.3, 0.4) is 0 Å². The normalized spacial score (nSPS) is 11.0. The summed E-state index contributed by atoms with van der Waals surface area (Å²) < 4.78 is 6.54. The van der Waals surface area contributed by atoms with Crippen LogP contribution in [0.1, 0.15) is 5.56 Å². The standard InChI is InChI=1S/C21H20OSi/c1-18(19-12-6-3-7-13-19)22-23(2,20-14-8-4-9-15-20)21-16-10-5-11-17-21/h3-17H,1H2,2H3. The van der Waals surface area contributed by atoms with Gasteiger partial charge >= 0.3 is 8.32 Å². The van der Waals surface area contributed by atoms with Crippen LogP contribution in [0, 0.1) is 0 Å². The second-order valence-corrected chi connectivity index (χ2v) is 9.08. The lowest BCUT2D eigenvalue weighted by Gasteiger charge is -2.30. The highest BCUT2D eigenvalue weighted by molar-refractivity contribution is 6.97. The smallest absolute Gasteiger partial charge is 0.311 e. The zero-order chi connectivity index (χ0) is 16.1. The molecule has 3 aromatic carbocycles. The monoisotopic (exact) mass is 316 g/mol. The van der Waals surface area contributed by atoms with Gasteiger partial charge < -0.3 is 4.43 Å². The van der Waals surface area contributed by atoms with Crippen LogP contribution in [0.15, 0.2) is 97.6 Å². The molecule has 0 aliphatic carbocycles. The summed E-state index contributed by atoms with van der Waals surface area (Å²) in [4.78, 5) is 0. The minimum atomic E-state index is -2.35. The van der Waals surface area contributed by atoms with Gasteiger partial charge in [-0.2, -0.15) is 0 Å². The first kappa shape index (κ1) is 15.3. The molecule has 2 heteroatoms. The lowest BCUT2D eigenvalue weighted by molar-refractivity contribution is 0.529. The van der Waals surface area contributed by atoms with E-state index in [1.165, 1.54) is 10.4 Å². The highest BCUT2D eigenvalue weighted by Gasteiger charge is 2.36. The first-order valence-electron chi connectivity index (χ1n) is 7.74. The highest BCUT2D eigenvalue weighted by atomic mass is 28.4. The van der Waals surface area contributed by atoms with Gasteiger partial charge in [0.25, 0.3) is 0 Å². The van der Waals surface area contributed by atoms with Crippen molar-refractivity contribution in [3.05, 3.63) is 103 Å². The molecule has 0 radical (unpaired) electrons. The van der Waals surface area contributed by atoms with Gasteiger partial charge in [0.05, 0.1) is 0 Å². The second-order valence-electron chi connectivity index (χ2n) is 5.66. The van der Waals surface area contributed by atoms with Crippen molar-refractivity contribution in [2.24, 2.45) is 0 Å². The maximum Gasteiger partial charge on any atom is 0.311 e. The fourth-order valence-electron chi connectivity index (χ4n) is 2.73. The van der Waals surface area contributed by atoms with Crippen LogP contribution in [0.5, 0.6) is 0 Å². The molecule has 0 amide bonds. The minimum absolute atomic E-state index is 0.729. The molecule has 0 aliphatic heterocycles. The molecule has 0 saturated heterocycles. The number of hydrogen-bond donors (Lipinski definition) is 0. The summed E-state index contributed by atoms with van der Waals surface area (Å²) in [6.45, 7) is 6.40. The van der Waals surface area contributed by atoms with Gasteiger partial charge in [-0.15, -0.1) is 0 Å². The summed E-state index contributed by atoms with van der Waals surface area (Å²) >= 11 is 0. The number of benzene rings is 3. The molecule has 0 bridgehead atoms. The molecule has 3 aromatic rings. The van der Waals surface area contributed by atoms with Crippen LogP contribution in [-0.4, -0.2) is 8.32 Å². The van der Waals surface area contributed by atoms with Gasteiger partial charge in [0.15, 0.2) is 0 Å². The third-order valence-electron chi connectivity index (χ3n) is 4.07.